The maximum Gasteiger partial charge on any atom is 0.174 e. The molecule has 1 aliphatic heterocycles. The van der Waals surface area contributed by atoms with E-state index in [1.165, 1.54) is 11.1 Å². The first kappa shape index (κ1) is 17.0. The summed E-state index contributed by atoms with van der Waals surface area (Å²) < 4.78 is 17.8. The summed E-state index contributed by atoms with van der Waals surface area (Å²) in [5, 5.41) is 11.7. The van der Waals surface area contributed by atoms with E-state index in [1.807, 2.05) is 6.07 Å². The predicted octanol–water partition coefficient (Wildman–Crippen LogP) is 3.48. The molecule has 26 heavy (non-hydrogen) atoms. The molecular formula is C22H30O4. The van der Waals surface area contributed by atoms with Gasteiger partial charge in [-0.05, 0) is 67.2 Å². The van der Waals surface area contributed by atoms with Crippen LogP contribution in [0.4, 0.5) is 0 Å². The number of fused-ring (bicyclic) bond motifs is 5. The molecule has 142 valence electrons. The van der Waals surface area contributed by atoms with Gasteiger partial charge in [-0.15, -0.1) is 0 Å². The van der Waals surface area contributed by atoms with Crippen LogP contribution >= 0.6 is 0 Å². The van der Waals surface area contributed by atoms with Gasteiger partial charge in [0, 0.05) is 18.3 Å². The van der Waals surface area contributed by atoms with Gasteiger partial charge in [-0.3, -0.25) is 0 Å². The van der Waals surface area contributed by atoms with Crippen LogP contribution < -0.4 is 4.74 Å². The van der Waals surface area contributed by atoms with Crippen LogP contribution in [0.25, 0.3) is 0 Å². The molecule has 4 heteroatoms. The second kappa shape index (κ2) is 5.70. The Balaban J connectivity index is 1.49. The van der Waals surface area contributed by atoms with Gasteiger partial charge >= 0.3 is 0 Å². The van der Waals surface area contributed by atoms with Crippen LogP contribution in [0.15, 0.2) is 18.2 Å². The third-order valence-corrected chi connectivity index (χ3v) is 8.11. The first-order chi connectivity index (χ1) is 12.5. The molecule has 1 aromatic carbocycles. The quantitative estimate of drug-likeness (QED) is 0.835. The summed E-state index contributed by atoms with van der Waals surface area (Å²) in [7, 11) is 1.72. The van der Waals surface area contributed by atoms with E-state index in [4.69, 9.17) is 14.2 Å². The topological polar surface area (TPSA) is 47.9 Å². The minimum Gasteiger partial charge on any atom is -0.497 e. The monoisotopic (exact) mass is 358 g/mol. The van der Waals surface area contributed by atoms with Crippen LogP contribution in [-0.4, -0.2) is 36.8 Å². The standard InChI is InChI=1S/C22H30O4/c1-20-9-10-21(23)14-16-3-5-17(24-2)13-15(16)4-6-19(21)18(20)7-8-22(20)25-11-12-26-22/h3,5,13,18-19,23H,4,6-12,14H2,1-2H3/t18-,19-,20-,21-/m0/s1. The van der Waals surface area contributed by atoms with E-state index >= 15 is 0 Å². The minimum absolute atomic E-state index is 0.0224. The Morgan fingerprint density at radius 3 is 2.62 bits per heavy atom. The van der Waals surface area contributed by atoms with Gasteiger partial charge in [-0.1, -0.05) is 13.0 Å². The highest BCUT2D eigenvalue weighted by Gasteiger charge is 2.67. The Morgan fingerprint density at radius 2 is 1.85 bits per heavy atom. The first-order valence-electron chi connectivity index (χ1n) is 10.2. The Bertz CT molecular complexity index is 710. The number of hydrogen-bond donors (Lipinski definition) is 1. The molecule has 3 fully saturated rings. The number of rotatable bonds is 1. The number of ether oxygens (including phenoxy) is 3. The van der Waals surface area contributed by atoms with Gasteiger partial charge in [0.15, 0.2) is 5.79 Å². The molecule has 1 saturated heterocycles. The molecule has 0 aromatic heterocycles. The van der Waals surface area contributed by atoms with E-state index in [2.05, 4.69) is 19.1 Å². The summed E-state index contributed by atoms with van der Waals surface area (Å²) in [5.41, 5.74) is 2.05. The second-order valence-electron chi connectivity index (χ2n) is 9.07. The van der Waals surface area contributed by atoms with E-state index in [0.717, 1.165) is 50.7 Å². The van der Waals surface area contributed by atoms with Gasteiger partial charge < -0.3 is 19.3 Å². The van der Waals surface area contributed by atoms with Crippen molar-refractivity contribution >= 4 is 0 Å². The second-order valence-corrected chi connectivity index (χ2v) is 9.07. The normalized spacial score (nSPS) is 40.6. The van der Waals surface area contributed by atoms with E-state index in [1.54, 1.807) is 7.11 Å². The van der Waals surface area contributed by atoms with E-state index in [9.17, 15) is 5.11 Å². The molecule has 2 saturated carbocycles. The molecule has 4 atom stereocenters. The smallest absolute Gasteiger partial charge is 0.174 e. The Labute approximate surface area is 155 Å². The van der Waals surface area contributed by atoms with E-state index in [0.29, 0.717) is 25.0 Å². The SMILES string of the molecule is COc1ccc2c(c1)CC[C@H]1[C@@H]3CCC4(OCCO4)[C@@]3(C)CC[C@]1(O)C2. The molecule has 1 heterocycles. The van der Waals surface area contributed by atoms with Crippen molar-refractivity contribution in [1.29, 1.82) is 0 Å². The average Bonchev–Trinajstić information content (AvgIpc) is 3.19. The lowest BCUT2D eigenvalue weighted by Crippen LogP contribution is -2.57. The van der Waals surface area contributed by atoms with Crippen molar-refractivity contribution in [3.63, 3.8) is 0 Å². The van der Waals surface area contributed by atoms with E-state index in [-0.39, 0.29) is 5.41 Å². The van der Waals surface area contributed by atoms with Crippen LogP contribution in [0.2, 0.25) is 0 Å². The Hall–Kier alpha value is -1.10. The maximum atomic E-state index is 11.7. The van der Waals surface area contributed by atoms with Gasteiger partial charge in [-0.25, -0.2) is 0 Å². The lowest BCUT2D eigenvalue weighted by atomic mass is 9.56. The van der Waals surface area contributed by atoms with Crippen LogP contribution in [-0.2, 0) is 22.3 Å². The molecule has 4 aliphatic rings. The third kappa shape index (κ3) is 2.18. The molecule has 0 amide bonds. The zero-order chi connectivity index (χ0) is 18.0. The van der Waals surface area contributed by atoms with Gasteiger partial charge in [0.1, 0.15) is 5.75 Å². The largest absolute Gasteiger partial charge is 0.497 e. The van der Waals surface area contributed by atoms with Crippen LogP contribution in [0.3, 0.4) is 0 Å². The average molecular weight is 358 g/mol. The van der Waals surface area contributed by atoms with Crippen molar-refractivity contribution < 1.29 is 19.3 Å². The van der Waals surface area contributed by atoms with Crippen molar-refractivity contribution in [3.8, 4) is 5.75 Å². The number of aryl methyl sites for hydroxylation is 1. The summed E-state index contributed by atoms with van der Waals surface area (Å²) >= 11 is 0. The van der Waals surface area contributed by atoms with Gasteiger partial charge in [0.25, 0.3) is 0 Å². The lowest BCUT2D eigenvalue weighted by molar-refractivity contribution is -0.250. The fourth-order valence-electron chi connectivity index (χ4n) is 6.68. The third-order valence-electron chi connectivity index (χ3n) is 8.11. The molecule has 0 unspecified atom stereocenters. The number of benzene rings is 1. The Morgan fingerprint density at radius 1 is 1.04 bits per heavy atom. The molecule has 1 aromatic rings. The lowest BCUT2D eigenvalue weighted by Gasteiger charge is -2.54. The highest BCUT2D eigenvalue weighted by Crippen LogP contribution is 2.65. The molecule has 1 spiro atoms. The van der Waals surface area contributed by atoms with Crippen LogP contribution in [0.1, 0.15) is 50.2 Å². The highest BCUT2D eigenvalue weighted by atomic mass is 16.7. The minimum atomic E-state index is -0.603. The number of aliphatic hydroxyl groups is 1. The molecule has 5 rings (SSSR count). The summed E-state index contributed by atoms with van der Waals surface area (Å²) in [6, 6.07) is 6.34. The van der Waals surface area contributed by atoms with Crippen molar-refractivity contribution in [2.45, 2.75) is 63.3 Å². The molecule has 1 N–H and O–H groups in total. The van der Waals surface area contributed by atoms with Crippen molar-refractivity contribution in [2.75, 3.05) is 20.3 Å². The molecule has 4 nitrogen and oxygen atoms in total. The van der Waals surface area contributed by atoms with Crippen molar-refractivity contribution in [3.05, 3.63) is 29.3 Å². The summed E-state index contributed by atoms with van der Waals surface area (Å²) in [4.78, 5) is 0. The van der Waals surface area contributed by atoms with Crippen LogP contribution in [0.5, 0.6) is 5.75 Å². The Kier molecular flexibility index (Phi) is 3.73. The van der Waals surface area contributed by atoms with Crippen molar-refractivity contribution in [2.24, 2.45) is 17.3 Å². The van der Waals surface area contributed by atoms with Gasteiger partial charge in [0.05, 0.1) is 25.9 Å². The summed E-state index contributed by atoms with van der Waals surface area (Å²) in [6.07, 6.45) is 6.71. The fourth-order valence-corrected chi connectivity index (χ4v) is 6.68. The summed E-state index contributed by atoms with van der Waals surface area (Å²) in [5.74, 6) is 1.29. The number of methoxy groups -OCH3 is 1. The fraction of sp³-hybridized carbons (Fsp3) is 0.727. The maximum absolute atomic E-state index is 11.7. The van der Waals surface area contributed by atoms with Crippen molar-refractivity contribution in [1.82, 2.24) is 0 Å². The summed E-state index contributed by atoms with van der Waals surface area (Å²) in [6.45, 7) is 3.78. The molecule has 0 radical (unpaired) electrons. The predicted molar refractivity (Wildman–Crippen MR) is 98.2 cm³/mol. The van der Waals surface area contributed by atoms with Crippen LogP contribution in [0, 0.1) is 17.3 Å². The molecular weight excluding hydrogens is 328 g/mol. The number of hydrogen-bond acceptors (Lipinski definition) is 4. The van der Waals surface area contributed by atoms with Gasteiger partial charge in [0.2, 0.25) is 0 Å². The molecule has 3 aliphatic carbocycles. The van der Waals surface area contributed by atoms with Gasteiger partial charge in [-0.2, -0.15) is 0 Å². The molecule has 0 bridgehead atoms. The zero-order valence-electron chi connectivity index (χ0n) is 15.9. The first-order valence-corrected chi connectivity index (χ1v) is 10.2. The van der Waals surface area contributed by atoms with E-state index < -0.39 is 11.4 Å². The highest BCUT2D eigenvalue weighted by molar-refractivity contribution is 5.38. The zero-order valence-corrected chi connectivity index (χ0v) is 15.9.